The largest absolute Gasteiger partial charge is 0.472 e. The van der Waals surface area contributed by atoms with Gasteiger partial charge in [-0.3, -0.25) is 18.6 Å². The number of unbranched alkanes of at least 4 members (excludes halogenated alkanes) is 13. The van der Waals surface area contributed by atoms with Gasteiger partial charge in [0.05, 0.1) is 13.2 Å². The fraction of sp³-hybridized carbons (Fsp3) is 0.707. The predicted octanol–water partition coefficient (Wildman–Crippen LogP) is 10.9. The molecule has 10 heteroatoms. The van der Waals surface area contributed by atoms with Crippen LogP contribution in [0.25, 0.3) is 0 Å². The molecule has 0 spiro atoms. The lowest BCUT2D eigenvalue weighted by molar-refractivity contribution is -0.161. The fourth-order valence-corrected chi connectivity index (χ4v) is 5.73. The number of ether oxygens (including phenoxy) is 2. The third-order valence-corrected chi connectivity index (χ3v) is 8.90. The zero-order valence-corrected chi connectivity index (χ0v) is 33.0. The average Bonchev–Trinajstić information content (AvgIpc) is 3.11. The zero-order valence-electron chi connectivity index (χ0n) is 32.1. The summed E-state index contributed by atoms with van der Waals surface area (Å²) in [6, 6.07) is 0. The van der Waals surface area contributed by atoms with E-state index in [1.165, 1.54) is 77.0 Å². The molecule has 0 aliphatic heterocycles. The standard InChI is InChI=1S/C41H72NO8P/c1-3-5-7-9-11-13-15-16-17-18-19-20-21-22-24-26-28-30-32-34-41(44)50-39(38-49-51(45,46)48-36-35-42)37-47-40(43)33-31-29-27-25-23-14-12-10-8-6-4-2/h11,13,16-17,19-20,22,24,28,30,39H,3-10,12,14-15,18,21,23,25-27,29,31-38,42H2,1-2H3,(H,45,46). The van der Waals surface area contributed by atoms with Crippen LogP contribution < -0.4 is 5.73 Å². The monoisotopic (exact) mass is 737 g/mol. The zero-order chi connectivity index (χ0) is 37.5. The Morgan fingerprint density at radius 2 is 1.06 bits per heavy atom. The van der Waals surface area contributed by atoms with Gasteiger partial charge in [0.25, 0.3) is 0 Å². The van der Waals surface area contributed by atoms with Crippen LogP contribution in [0, 0.1) is 0 Å². The van der Waals surface area contributed by atoms with Gasteiger partial charge in [0.15, 0.2) is 6.10 Å². The smallest absolute Gasteiger partial charge is 0.462 e. The minimum atomic E-state index is -4.39. The summed E-state index contributed by atoms with van der Waals surface area (Å²) in [5, 5.41) is 0. The first kappa shape index (κ1) is 48.7. The Balaban J connectivity index is 4.35. The van der Waals surface area contributed by atoms with Gasteiger partial charge in [0.2, 0.25) is 0 Å². The number of carbonyl (C=O) groups excluding carboxylic acids is 2. The Morgan fingerprint density at radius 3 is 1.59 bits per heavy atom. The molecule has 0 aliphatic rings. The minimum Gasteiger partial charge on any atom is -0.462 e. The van der Waals surface area contributed by atoms with E-state index in [9.17, 15) is 19.0 Å². The number of phosphoric acid groups is 1. The maximum Gasteiger partial charge on any atom is 0.472 e. The molecule has 0 aromatic rings. The second kappa shape index (κ2) is 37.5. The van der Waals surface area contributed by atoms with E-state index >= 15 is 0 Å². The Bertz CT molecular complexity index is 1020. The number of nitrogens with two attached hydrogens (primary N) is 1. The summed E-state index contributed by atoms with van der Waals surface area (Å²) in [6.45, 7) is 3.59. The van der Waals surface area contributed by atoms with Crippen molar-refractivity contribution < 1.29 is 37.6 Å². The molecule has 0 saturated heterocycles. The third kappa shape index (κ3) is 37.3. The molecule has 51 heavy (non-hydrogen) atoms. The minimum absolute atomic E-state index is 0.0406. The van der Waals surface area contributed by atoms with Gasteiger partial charge in [-0.05, 0) is 51.4 Å². The van der Waals surface area contributed by atoms with Crippen molar-refractivity contribution in [2.24, 2.45) is 5.73 Å². The van der Waals surface area contributed by atoms with Crippen LogP contribution >= 0.6 is 7.82 Å². The number of esters is 2. The summed E-state index contributed by atoms with van der Waals surface area (Å²) in [5.74, 6) is -0.929. The molecule has 0 heterocycles. The van der Waals surface area contributed by atoms with Gasteiger partial charge >= 0.3 is 19.8 Å². The summed E-state index contributed by atoms with van der Waals surface area (Å²) < 4.78 is 32.6. The van der Waals surface area contributed by atoms with Gasteiger partial charge in [0.1, 0.15) is 6.61 Å². The van der Waals surface area contributed by atoms with Crippen LogP contribution in [0.5, 0.6) is 0 Å². The van der Waals surface area contributed by atoms with E-state index in [0.29, 0.717) is 6.42 Å². The highest BCUT2D eigenvalue weighted by molar-refractivity contribution is 7.47. The Hall–Kier alpha value is -2.29. The van der Waals surface area contributed by atoms with E-state index in [0.717, 1.165) is 44.9 Å². The summed E-state index contributed by atoms with van der Waals surface area (Å²) in [5.41, 5.74) is 5.33. The molecule has 0 radical (unpaired) electrons. The van der Waals surface area contributed by atoms with E-state index in [4.69, 9.17) is 24.3 Å². The van der Waals surface area contributed by atoms with Crippen LogP contribution in [-0.4, -0.2) is 49.3 Å². The lowest BCUT2D eigenvalue weighted by atomic mass is 10.1. The summed E-state index contributed by atoms with van der Waals surface area (Å²) >= 11 is 0. The van der Waals surface area contributed by atoms with Crippen LogP contribution in [0.2, 0.25) is 0 Å². The maximum atomic E-state index is 12.5. The first-order valence-corrected chi connectivity index (χ1v) is 21.3. The predicted molar refractivity (Wildman–Crippen MR) is 210 cm³/mol. The van der Waals surface area contributed by atoms with Crippen LogP contribution in [0.3, 0.4) is 0 Å². The highest BCUT2D eigenvalue weighted by atomic mass is 31.2. The van der Waals surface area contributed by atoms with Gasteiger partial charge in [-0.2, -0.15) is 0 Å². The molecular formula is C41H72NO8P. The highest BCUT2D eigenvalue weighted by Crippen LogP contribution is 2.43. The molecule has 0 aliphatic carbocycles. The molecule has 0 fully saturated rings. The molecule has 3 N–H and O–H groups in total. The van der Waals surface area contributed by atoms with Crippen molar-refractivity contribution in [2.75, 3.05) is 26.4 Å². The molecule has 0 bridgehead atoms. The van der Waals surface area contributed by atoms with Crippen LogP contribution in [0.1, 0.15) is 155 Å². The Morgan fingerprint density at radius 1 is 0.588 bits per heavy atom. The maximum absolute atomic E-state index is 12.5. The second-order valence-corrected chi connectivity index (χ2v) is 14.3. The molecule has 0 amide bonds. The highest BCUT2D eigenvalue weighted by Gasteiger charge is 2.25. The van der Waals surface area contributed by atoms with Crippen LogP contribution in [-0.2, 0) is 32.7 Å². The molecule has 2 unspecified atom stereocenters. The molecule has 0 aromatic heterocycles. The van der Waals surface area contributed by atoms with Crippen LogP contribution in [0.15, 0.2) is 60.8 Å². The number of hydrogen-bond donors (Lipinski definition) is 2. The molecule has 294 valence electrons. The van der Waals surface area contributed by atoms with Gasteiger partial charge in [-0.15, -0.1) is 0 Å². The number of rotatable bonds is 36. The van der Waals surface area contributed by atoms with Gasteiger partial charge in [-0.1, -0.05) is 152 Å². The fourth-order valence-electron chi connectivity index (χ4n) is 4.97. The van der Waals surface area contributed by atoms with E-state index in [1.807, 2.05) is 12.2 Å². The Labute approximate surface area is 310 Å². The van der Waals surface area contributed by atoms with Crippen LogP contribution in [0.4, 0.5) is 0 Å². The van der Waals surface area contributed by atoms with Crippen molar-refractivity contribution in [3.8, 4) is 0 Å². The van der Waals surface area contributed by atoms with Crippen molar-refractivity contribution >= 4 is 19.8 Å². The molecular weight excluding hydrogens is 665 g/mol. The number of carbonyl (C=O) groups is 2. The van der Waals surface area contributed by atoms with Gasteiger partial charge < -0.3 is 20.1 Å². The van der Waals surface area contributed by atoms with Gasteiger partial charge in [0, 0.05) is 19.4 Å². The summed E-state index contributed by atoms with van der Waals surface area (Å²) in [7, 11) is -4.39. The topological polar surface area (TPSA) is 134 Å². The Kier molecular flexibility index (Phi) is 35.8. The number of allylic oxidation sites excluding steroid dienone is 10. The first-order valence-electron chi connectivity index (χ1n) is 19.8. The normalized spacial score (nSPS) is 14.0. The lowest BCUT2D eigenvalue weighted by Gasteiger charge is -2.19. The summed E-state index contributed by atoms with van der Waals surface area (Å²) in [6.07, 6.45) is 42.7. The molecule has 2 atom stereocenters. The van der Waals surface area contributed by atoms with E-state index in [-0.39, 0.29) is 32.6 Å². The van der Waals surface area contributed by atoms with Crippen molar-refractivity contribution in [3.63, 3.8) is 0 Å². The van der Waals surface area contributed by atoms with Crippen molar-refractivity contribution in [1.29, 1.82) is 0 Å². The molecule has 9 nitrogen and oxygen atoms in total. The number of phosphoric ester groups is 1. The van der Waals surface area contributed by atoms with Crippen molar-refractivity contribution in [3.05, 3.63) is 60.8 Å². The molecule has 0 aromatic carbocycles. The molecule has 0 saturated carbocycles. The number of hydrogen-bond acceptors (Lipinski definition) is 8. The van der Waals surface area contributed by atoms with E-state index in [1.54, 1.807) is 0 Å². The molecule has 0 rings (SSSR count). The quantitative estimate of drug-likeness (QED) is 0.0279. The first-order chi connectivity index (χ1) is 24.8. The summed E-state index contributed by atoms with van der Waals surface area (Å²) in [4.78, 5) is 34.7. The van der Waals surface area contributed by atoms with E-state index in [2.05, 4.69) is 62.5 Å². The average molecular weight is 738 g/mol. The van der Waals surface area contributed by atoms with Crippen molar-refractivity contribution in [2.45, 2.75) is 161 Å². The lowest BCUT2D eigenvalue weighted by Crippen LogP contribution is -2.29. The van der Waals surface area contributed by atoms with E-state index < -0.39 is 32.5 Å². The van der Waals surface area contributed by atoms with Crippen molar-refractivity contribution in [1.82, 2.24) is 0 Å². The SMILES string of the molecule is CCCCCC=CCC=CCC=CCC=CCC=CCCC(=O)OC(COC(=O)CCCCCCCCCCCCC)COP(=O)(O)OCCN. The van der Waals surface area contributed by atoms with Gasteiger partial charge in [-0.25, -0.2) is 4.57 Å². The second-order valence-electron chi connectivity index (χ2n) is 12.8. The third-order valence-electron chi connectivity index (χ3n) is 7.92.